The van der Waals surface area contributed by atoms with Crippen molar-refractivity contribution in [2.45, 2.75) is 50.7 Å². The van der Waals surface area contributed by atoms with Crippen LogP contribution in [0.3, 0.4) is 0 Å². The van der Waals surface area contributed by atoms with E-state index in [0.29, 0.717) is 30.6 Å². The highest BCUT2D eigenvalue weighted by Crippen LogP contribution is 2.39. The van der Waals surface area contributed by atoms with Gasteiger partial charge in [0.05, 0.1) is 0 Å². The number of rotatable bonds is 4. The molecule has 0 aliphatic carbocycles. The third-order valence-corrected chi connectivity index (χ3v) is 6.47. The van der Waals surface area contributed by atoms with Crippen molar-refractivity contribution in [1.82, 2.24) is 14.7 Å². The van der Waals surface area contributed by atoms with Gasteiger partial charge in [-0.05, 0) is 69.7 Å². The van der Waals surface area contributed by atoms with Gasteiger partial charge < -0.3 is 10.6 Å². The molecule has 0 radical (unpaired) electrons. The predicted octanol–water partition coefficient (Wildman–Crippen LogP) is 2.82. The van der Waals surface area contributed by atoms with Crippen LogP contribution in [0.2, 0.25) is 0 Å². The summed E-state index contributed by atoms with van der Waals surface area (Å²) >= 11 is 0. The van der Waals surface area contributed by atoms with Gasteiger partial charge in [0.15, 0.2) is 0 Å². The fourth-order valence-electron chi connectivity index (χ4n) is 4.59. The van der Waals surface area contributed by atoms with Crippen LogP contribution in [0.4, 0.5) is 0 Å². The summed E-state index contributed by atoms with van der Waals surface area (Å²) in [5.41, 5.74) is 10.5. The van der Waals surface area contributed by atoms with Crippen molar-refractivity contribution in [3.63, 3.8) is 0 Å². The summed E-state index contributed by atoms with van der Waals surface area (Å²) in [5, 5.41) is 0. The number of nitrogens with two attached hydrogens (primary N) is 1. The van der Waals surface area contributed by atoms with E-state index in [9.17, 15) is 0 Å². The maximum absolute atomic E-state index is 6.15. The number of nitrogens with zero attached hydrogens (tertiary/aromatic N) is 3. The molecule has 140 valence electrons. The number of hydrogen-bond acceptors (Lipinski definition) is 4. The molecular formula is C21H36N4. The smallest absolute Gasteiger partial charge is 0.0478 e. The summed E-state index contributed by atoms with van der Waals surface area (Å²) in [4.78, 5) is 7.55. The highest BCUT2D eigenvalue weighted by molar-refractivity contribution is 5.40. The topological polar surface area (TPSA) is 35.7 Å². The third-order valence-electron chi connectivity index (χ3n) is 6.47. The molecule has 2 unspecified atom stereocenters. The second-order valence-electron chi connectivity index (χ2n) is 8.45. The van der Waals surface area contributed by atoms with E-state index in [2.05, 4.69) is 67.9 Å². The first-order valence-corrected chi connectivity index (χ1v) is 9.86. The van der Waals surface area contributed by atoms with Crippen LogP contribution in [0, 0.1) is 0 Å². The lowest BCUT2D eigenvalue weighted by atomic mass is 9.85. The van der Waals surface area contributed by atoms with Crippen molar-refractivity contribution in [1.29, 1.82) is 0 Å². The molecule has 4 heteroatoms. The zero-order valence-corrected chi connectivity index (χ0v) is 16.7. The van der Waals surface area contributed by atoms with E-state index >= 15 is 0 Å². The van der Waals surface area contributed by atoms with Gasteiger partial charge in [0, 0.05) is 31.2 Å². The van der Waals surface area contributed by atoms with Crippen molar-refractivity contribution in [2.75, 3.05) is 47.3 Å². The van der Waals surface area contributed by atoms with Crippen molar-refractivity contribution < 1.29 is 0 Å². The minimum atomic E-state index is 0.343. The Bertz CT molecular complexity index is 577. The molecule has 1 aromatic rings. The van der Waals surface area contributed by atoms with E-state index in [-0.39, 0.29) is 0 Å². The van der Waals surface area contributed by atoms with Gasteiger partial charge in [-0.2, -0.15) is 0 Å². The molecular weight excluding hydrogens is 308 g/mol. The Morgan fingerprint density at radius 3 is 2.44 bits per heavy atom. The quantitative estimate of drug-likeness (QED) is 0.911. The summed E-state index contributed by atoms with van der Waals surface area (Å²) in [7, 11) is 6.80. The number of hydrogen-bond donors (Lipinski definition) is 1. The second-order valence-corrected chi connectivity index (χ2v) is 8.45. The largest absolute Gasteiger partial charge is 0.329 e. The fourth-order valence-corrected chi connectivity index (χ4v) is 4.59. The lowest BCUT2D eigenvalue weighted by Gasteiger charge is -2.46. The summed E-state index contributed by atoms with van der Waals surface area (Å²) in [5.74, 6) is 0.556. The molecule has 3 rings (SSSR count). The van der Waals surface area contributed by atoms with Crippen LogP contribution >= 0.6 is 0 Å². The molecule has 0 spiro atoms. The average molecular weight is 345 g/mol. The number of benzene rings is 1. The molecule has 2 aliphatic rings. The molecule has 2 atom stereocenters. The first-order valence-electron chi connectivity index (χ1n) is 9.86. The van der Waals surface area contributed by atoms with E-state index in [1.807, 2.05) is 0 Å². The van der Waals surface area contributed by atoms with Gasteiger partial charge in [-0.3, -0.25) is 9.80 Å². The molecule has 1 aromatic carbocycles. The Labute approximate surface area is 154 Å². The summed E-state index contributed by atoms with van der Waals surface area (Å²) in [6, 6.07) is 8.63. The average Bonchev–Trinajstić information content (AvgIpc) is 2.60. The van der Waals surface area contributed by atoms with Gasteiger partial charge in [0.2, 0.25) is 0 Å². The van der Waals surface area contributed by atoms with Gasteiger partial charge in [-0.25, -0.2) is 0 Å². The van der Waals surface area contributed by atoms with E-state index in [0.717, 1.165) is 6.54 Å². The molecule has 25 heavy (non-hydrogen) atoms. The van der Waals surface area contributed by atoms with E-state index in [1.54, 1.807) is 0 Å². The van der Waals surface area contributed by atoms with E-state index < -0.39 is 0 Å². The molecule has 2 aliphatic heterocycles. The van der Waals surface area contributed by atoms with Crippen LogP contribution in [0.1, 0.15) is 61.4 Å². The minimum absolute atomic E-state index is 0.343. The van der Waals surface area contributed by atoms with Crippen molar-refractivity contribution >= 4 is 0 Å². The highest BCUT2D eigenvalue weighted by atomic mass is 15.3. The normalized spacial score (nSPS) is 26.4. The predicted molar refractivity (Wildman–Crippen MR) is 106 cm³/mol. The zero-order valence-electron chi connectivity index (χ0n) is 16.7. The summed E-state index contributed by atoms with van der Waals surface area (Å²) < 4.78 is 0. The van der Waals surface area contributed by atoms with E-state index in [4.69, 9.17) is 5.73 Å². The summed E-state index contributed by atoms with van der Waals surface area (Å²) in [6.07, 6.45) is 2.54. The molecule has 1 saturated heterocycles. The van der Waals surface area contributed by atoms with Crippen molar-refractivity contribution in [2.24, 2.45) is 5.73 Å². The molecule has 4 nitrogen and oxygen atoms in total. The highest BCUT2D eigenvalue weighted by Gasteiger charge is 2.35. The molecule has 1 fully saturated rings. The molecule has 0 saturated carbocycles. The SMILES string of the molecule is CC(C)c1ccc2c(c1)C(CN)N(C)CC2N(C)C1CCN(C)CC1. The maximum Gasteiger partial charge on any atom is 0.0478 e. The molecule has 0 amide bonds. The van der Waals surface area contributed by atoms with Gasteiger partial charge in [0.1, 0.15) is 0 Å². The second kappa shape index (κ2) is 7.75. The lowest BCUT2D eigenvalue weighted by Crippen LogP contribution is -2.49. The molecule has 2 N–H and O–H groups in total. The summed E-state index contributed by atoms with van der Waals surface area (Å²) in [6.45, 7) is 8.72. The van der Waals surface area contributed by atoms with Crippen LogP contribution < -0.4 is 5.73 Å². The van der Waals surface area contributed by atoms with Crippen LogP contribution in [-0.2, 0) is 0 Å². The Morgan fingerprint density at radius 1 is 1.16 bits per heavy atom. The zero-order chi connectivity index (χ0) is 18.1. The van der Waals surface area contributed by atoms with Crippen LogP contribution in [0.15, 0.2) is 18.2 Å². The first kappa shape index (κ1) is 18.8. The minimum Gasteiger partial charge on any atom is -0.329 e. The van der Waals surface area contributed by atoms with Crippen molar-refractivity contribution in [3.05, 3.63) is 34.9 Å². The van der Waals surface area contributed by atoms with Crippen molar-refractivity contribution in [3.8, 4) is 0 Å². The van der Waals surface area contributed by atoms with Crippen LogP contribution in [0.25, 0.3) is 0 Å². The van der Waals surface area contributed by atoms with Gasteiger partial charge in [-0.1, -0.05) is 32.0 Å². The number of fused-ring (bicyclic) bond motifs is 1. The Balaban J connectivity index is 1.91. The standard InChI is InChI=1S/C21H36N4/c1-15(2)16-6-7-18-19(12-16)20(13-22)24(4)14-21(18)25(5)17-8-10-23(3)11-9-17/h6-7,12,15,17,20-21H,8-11,13-14,22H2,1-5H3. The van der Waals surface area contributed by atoms with Crippen LogP contribution in [-0.4, -0.2) is 68.1 Å². The number of likely N-dealkylation sites (N-methyl/N-ethyl adjacent to an activating group) is 2. The molecule has 0 bridgehead atoms. The Morgan fingerprint density at radius 2 is 1.84 bits per heavy atom. The lowest BCUT2D eigenvalue weighted by molar-refractivity contribution is 0.0684. The van der Waals surface area contributed by atoms with Gasteiger partial charge >= 0.3 is 0 Å². The fraction of sp³-hybridized carbons (Fsp3) is 0.714. The van der Waals surface area contributed by atoms with Gasteiger partial charge in [-0.15, -0.1) is 0 Å². The monoisotopic (exact) mass is 344 g/mol. The Kier molecular flexibility index (Phi) is 5.84. The van der Waals surface area contributed by atoms with Crippen LogP contribution in [0.5, 0.6) is 0 Å². The molecule has 2 heterocycles. The third kappa shape index (κ3) is 3.77. The van der Waals surface area contributed by atoms with E-state index in [1.165, 1.54) is 42.6 Å². The van der Waals surface area contributed by atoms with Gasteiger partial charge in [0.25, 0.3) is 0 Å². The Hall–Kier alpha value is -0.940. The number of likely N-dealkylation sites (tertiary alicyclic amines) is 1. The molecule has 0 aromatic heterocycles. The first-order chi connectivity index (χ1) is 11.9. The number of piperidine rings is 1. The maximum atomic E-state index is 6.15.